The van der Waals surface area contributed by atoms with Gasteiger partial charge in [-0.15, -0.1) is 0 Å². The zero-order valence-electron chi connectivity index (χ0n) is 13.5. The number of hydrogen-bond donors (Lipinski definition) is 2. The van der Waals surface area contributed by atoms with E-state index in [9.17, 15) is 19.2 Å². The van der Waals surface area contributed by atoms with Crippen molar-refractivity contribution in [1.29, 1.82) is 0 Å². The molecule has 0 radical (unpaired) electrons. The van der Waals surface area contributed by atoms with Crippen molar-refractivity contribution in [2.75, 3.05) is 5.32 Å². The first-order chi connectivity index (χ1) is 11.9. The van der Waals surface area contributed by atoms with E-state index in [1.54, 1.807) is 12.1 Å². The number of amides is 2. The Kier molecular flexibility index (Phi) is 5.67. The maximum absolute atomic E-state index is 12.0. The third-order valence-electron chi connectivity index (χ3n) is 3.31. The SMILES string of the molecule is C[C@H](OC(=O)Cn1ccccc1=O)C(=O)Nc1ccc(C(N)=O)cc1. The highest BCUT2D eigenvalue weighted by Crippen LogP contribution is 2.10. The second-order valence-electron chi connectivity index (χ2n) is 5.23. The molecule has 1 aromatic carbocycles. The van der Waals surface area contributed by atoms with Gasteiger partial charge in [-0.3, -0.25) is 19.2 Å². The van der Waals surface area contributed by atoms with Crippen LogP contribution < -0.4 is 16.6 Å². The molecule has 2 amide bonds. The number of anilines is 1. The minimum absolute atomic E-state index is 0.287. The number of benzene rings is 1. The largest absolute Gasteiger partial charge is 0.451 e. The number of nitrogens with one attached hydrogen (secondary N) is 1. The van der Waals surface area contributed by atoms with Crippen molar-refractivity contribution in [2.45, 2.75) is 19.6 Å². The monoisotopic (exact) mass is 343 g/mol. The quantitative estimate of drug-likeness (QED) is 0.741. The maximum atomic E-state index is 12.0. The molecule has 130 valence electrons. The maximum Gasteiger partial charge on any atom is 0.326 e. The van der Waals surface area contributed by atoms with E-state index in [2.05, 4.69) is 5.32 Å². The molecule has 1 atom stereocenters. The van der Waals surface area contributed by atoms with E-state index in [0.717, 1.165) is 0 Å². The van der Waals surface area contributed by atoms with E-state index in [0.29, 0.717) is 11.3 Å². The van der Waals surface area contributed by atoms with Crippen LogP contribution in [0.5, 0.6) is 0 Å². The summed E-state index contributed by atoms with van der Waals surface area (Å²) >= 11 is 0. The summed E-state index contributed by atoms with van der Waals surface area (Å²) in [4.78, 5) is 46.4. The third-order valence-corrected chi connectivity index (χ3v) is 3.31. The molecule has 1 aromatic heterocycles. The molecule has 0 aliphatic carbocycles. The number of nitrogens with zero attached hydrogens (tertiary/aromatic N) is 1. The van der Waals surface area contributed by atoms with Gasteiger partial charge >= 0.3 is 5.97 Å². The van der Waals surface area contributed by atoms with Crippen LogP contribution in [0.2, 0.25) is 0 Å². The van der Waals surface area contributed by atoms with Crippen molar-refractivity contribution >= 4 is 23.5 Å². The Morgan fingerprint density at radius 1 is 1.16 bits per heavy atom. The van der Waals surface area contributed by atoms with Gasteiger partial charge in [0.05, 0.1) is 0 Å². The summed E-state index contributed by atoms with van der Waals surface area (Å²) < 4.78 is 6.20. The Morgan fingerprint density at radius 3 is 2.44 bits per heavy atom. The highest BCUT2D eigenvalue weighted by atomic mass is 16.5. The van der Waals surface area contributed by atoms with Crippen LogP contribution in [0.4, 0.5) is 5.69 Å². The number of ether oxygens (including phenoxy) is 1. The second kappa shape index (κ2) is 7.91. The van der Waals surface area contributed by atoms with Crippen molar-refractivity contribution in [2.24, 2.45) is 5.73 Å². The number of aromatic nitrogens is 1. The minimum Gasteiger partial charge on any atom is -0.451 e. The number of pyridine rings is 1. The normalized spacial score (nSPS) is 11.4. The Morgan fingerprint density at radius 2 is 1.84 bits per heavy atom. The van der Waals surface area contributed by atoms with Crippen LogP contribution in [0.3, 0.4) is 0 Å². The summed E-state index contributed by atoms with van der Waals surface area (Å²) in [6.45, 7) is 1.13. The highest BCUT2D eigenvalue weighted by molar-refractivity contribution is 5.96. The molecule has 8 heteroatoms. The number of carbonyl (C=O) groups excluding carboxylic acids is 3. The molecule has 0 spiro atoms. The minimum atomic E-state index is -1.05. The van der Waals surface area contributed by atoms with Crippen molar-refractivity contribution in [3.8, 4) is 0 Å². The number of hydrogen-bond acceptors (Lipinski definition) is 5. The van der Waals surface area contributed by atoms with Gasteiger partial charge in [0.1, 0.15) is 6.54 Å². The van der Waals surface area contributed by atoms with Crippen LogP contribution in [-0.2, 0) is 20.9 Å². The molecule has 25 heavy (non-hydrogen) atoms. The van der Waals surface area contributed by atoms with Gasteiger partial charge in [0.15, 0.2) is 6.10 Å². The van der Waals surface area contributed by atoms with Gasteiger partial charge in [0.25, 0.3) is 11.5 Å². The van der Waals surface area contributed by atoms with Crippen molar-refractivity contribution in [3.05, 3.63) is 64.6 Å². The molecule has 0 aliphatic rings. The number of rotatable bonds is 6. The molecular formula is C17H17N3O5. The lowest BCUT2D eigenvalue weighted by atomic mass is 10.2. The fourth-order valence-electron chi connectivity index (χ4n) is 1.98. The summed E-state index contributed by atoms with van der Waals surface area (Å²) in [5.41, 5.74) is 5.53. The highest BCUT2D eigenvalue weighted by Gasteiger charge is 2.18. The lowest BCUT2D eigenvalue weighted by Gasteiger charge is -2.14. The van der Waals surface area contributed by atoms with Crippen LogP contribution in [0, 0.1) is 0 Å². The number of nitrogens with two attached hydrogens (primary N) is 1. The molecule has 2 rings (SSSR count). The molecule has 3 N–H and O–H groups in total. The van der Waals surface area contributed by atoms with Crippen LogP contribution >= 0.6 is 0 Å². The summed E-state index contributed by atoms with van der Waals surface area (Å²) in [5, 5.41) is 2.55. The molecule has 8 nitrogen and oxygen atoms in total. The zero-order valence-corrected chi connectivity index (χ0v) is 13.5. The molecule has 0 bridgehead atoms. The topological polar surface area (TPSA) is 120 Å². The van der Waals surface area contributed by atoms with Gasteiger partial charge in [-0.1, -0.05) is 6.07 Å². The number of carbonyl (C=O) groups is 3. The molecule has 2 aromatic rings. The molecule has 0 fully saturated rings. The first kappa shape index (κ1) is 17.9. The van der Waals surface area contributed by atoms with E-state index in [1.165, 1.54) is 48.0 Å². The fourth-order valence-corrected chi connectivity index (χ4v) is 1.98. The van der Waals surface area contributed by atoms with E-state index < -0.39 is 23.9 Å². The Labute approximate surface area is 143 Å². The van der Waals surface area contributed by atoms with Gasteiger partial charge in [0, 0.05) is 23.5 Å². The van der Waals surface area contributed by atoms with E-state index >= 15 is 0 Å². The summed E-state index contributed by atoms with van der Waals surface area (Å²) in [7, 11) is 0. The van der Waals surface area contributed by atoms with Gasteiger partial charge in [-0.2, -0.15) is 0 Å². The van der Waals surface area contributed by atoms with Gasteiger partial charge in [-0.25, -0.2) is 0 Å². The van der Waals surface area contributed by atoms with Crippen LogP contribution in [-0.4, -0.2) is 28.5 Å². The van der Waals surface area contributed by atoms with E-state index in [-0.39, 0.29) is 12.1 Å². The molecule has 0 saturated carbocycles. The molecule has 0 unspecified atom stereocenters. The predicted molar refractivity (Wildman–Crippen MR) is 89.8 cm³/mol. The fraction of sp³-hybridized carbons (Fsp3) is 0.176. The Balaban J connectivity index is 1.91. The average Bonchev–Trinajstić information content (AvgIpc) is 2.57. The van der Waals surface area contributed by atoms with Gasteiger partial charge < -0.3 is 20.4 Å². The van der Waals surface area contributed by atoms with E-state index in [4.69, 9.17) is 10.5 Å². The van der Waals surface area contributed by atoms with Gasteiger partial charge in [0.2, 0.25) is 5.91 Å². The smallest absolute Gasteiger partial charge is 0.326 e. The predicted octanol–water partition coefficient (Wildman–Crippen LogP) is 0.518. The van der Waals surface area contributed by atoms with Crippen LogP contribution in [0.1, 0.15) is 17.3 Å². The zero-order chi connectivity index (χ0) is 18.4. The number of primary amides is 1. The lowest BCUT2D eigenvalue weighted by Crippen LogP contribution is -2.32. The standard InChI is InChI=1S/C17H17N3O5/c1-11(25-15(22)10-20-9-3-2-4-14(20)21)17(24)19-13-7-5-12(6-8-13)16(18)23/h2-9,11H,10H2,1H3,(H2,18,23)(H,19,24)/t11-/m0/s1. The van der Waals surface area contributed by atoms with Crippen LogP contribution in [0.15, 0.2) is 53.5 Å². The average molecular weight is 343 g/mol. The number of esters is 1. The summed E-state index contributed by atoms with van der Waals surface area (Å²) in [6.07, 6.45) is 0.400. The second-order valence-corrected chi connectivity index (χ2v) is 5.23. The molecule has 1 heterocycles. The van der Waals surface area contributed by atoms with Crippen molar-refractivity contribution in [1.82, 2.24) is 4.57 Å². The Bertz CT molecular complexity index is 842. The lowest BCUT2D eigenvalue weighted by molar-refractivity contribution is -0.153. The molecule has 0 aliphatic heterocycles. The van der Waals surface area contributed by atoms with E-state index in [1.807, 2.05) is 0 Å². The van der Waals surface area contributed by atoms with Gasteiger partial charge in [-0.05, 0) is 37.3 Å². The Hall–Kier alpha value is -3.42. The molecular weight excluding hydrogens is 326 g/mol. The third kappa shape index (κ3) is 5.03. The van der Waals surface area contributed by atoms with Crippen molar-refractivity contribution < 1.29 is 19.1 Å². The van der Waals surface area contributed by atoms with Crippen LogP contribution in [0.25, 0.3) is 0 Å². The molecule has 0 saturated heterocycles. The summed E-state index contributed by atoms with van der Waals surface area (Å²) in [5.74, 6) is -1.82. The summed E-state index contributed by atoms with van der Waals surface area (Å²) in [6, 6.07) is 10.4. The van der Waals surface area contributed by atoms with Crippen molar-refractivity contribution in [3.63, 3.8) is 0 Å². The first-order valence-electron chi connectivity index (χ1n) is 7.42. The first-order valence-corrected chi connectivity index (χ1v) is 7.42.